The lowest BCUT2D eigenvalue weighted by molar-refractivity contribution is 0.0636. The van der Waals surface area contributed by atoms with Crippen LogP contribution < -0.4 is 5.32 Å². The fourth-order valence-corrected chi connectivity index (χ4v) is 2.84. The van der Waals surface area contributed by atoms with Crippen molar-refractivity contribution in [1.82, 2.24) is 0 Å². The van der Waals surface area contributed by atoms with E-state index in [1.165, 1.54) is 0 Å². The van der Waals surface area contributed by atoms with Crippen LogP contribution in [0.2, 0.25) is 0 Å². The first-order valence-corrected chi connectivity index (χ1v) is 7.24. The van der Waals surface area contributed by atoms with E-state index in [4.69, 9.17) is 4.74 Å². The minimum absolute atomic E-state index is 0.227. The fraction of sp³-hybridized carbons (Fsp3) is 0.500. The van der Waals surface area contributed by atoms with Gasteiger partial charge < -0.3 is 4.74 Å². The second kappa shape index (κ2) is 4.85. The SMILES string of the molecule is Cc1sc(S(=O)(=O)F)cc1NC(=O)OC(C)(C)C. The summed E-state index contributed by atoms with van der Waals surface area (Å²) in [6.45, 7) is 6.67. The predicted octanol–water partition coefficient (Wildman–Crippen LogP) is 3.06. The molecular formula is C10H14FNO4S2. The molecule has 0 unspecified atom stereocenters. The molecule has 0 saturated heterocycles. The highest BCUT2D eigenvalue weighted by atomic mass is 32.3. The zero-order valence-electron chi connectivity index (χ0n) is 10.4. The lowest BCUT2D eigenvalue weighted by Crippen LogP contribution is -2.27. The van der Waals surface area contributed by atoms with Gasteiger partial charge in [0.25, 0.3) is 0 Å². The van der Waals surface area contributed by atoms with Crippen molar-refractivity contribution in [2.75, 3.05) is 5.32 Å². The maximum Gasteiger partial charge on any atom is 0.412 e. The Balaban J connectivity index is 2.87. The van der Waals surface area contributed by atoms with Crippen molar-refractivity contribution in [3.05, 3.63) is 10.9 Å². The number of ether oxygens (including phenoxy) is 1. The van der Waals surface area contributed by atoms with Crippen LogP contribution in [0.25, 0.3) is 0 Å². The molecule has 0 aromatic carbocycles. The molecule has 0 saturated carbocycles. The van der Waals surface area contributed by atoms with E-state index in [1.807, 2.05) is 0 Å². The van der Waals surface area contributed by atoms with Crippen LogP contribution in [0.4, 0.5) is 14.4 Å². The highest BCUT2D eigenvalue weighted by molar-refractivity contribution is 7.88. The third-order valence-corrected chi connectivity index (χ3v) is 4.06. The second-order valence-corrected chi connectivity index (χ2v) is 7.43. The van der Waals surface area contributed by atoms with Crippen molar-refractivity contribution in [2.45, 2.75) is 37.5 Å². The average molecular weight is 295 g/mol. The Morgan fingerprint density at radius 1 is 1.44 bits per heavy atom. The molecule has 0 aliphatic heterocycles. The highest BCUT2D eigenvalue weighted by Crippen LogP contribution is 2.31. The molecule has 5 nitrogen and oxygen atoms in total. The fourth-order valence-electron chi connectivity index (χ4n) is 1.11. The van der Waals surface area contributed by atoms with Crippen molar-refractivity contribution in [3.63, 3.8) is 0 Å². The maximum absolute atomic E-state index is 12.8. The van der Waals surface area contributed by atoms with Crippen LogP contribution in [-0.4, -0.2) is 20.1 Å². The summed E-state index contributed by atoms with van der Waals surface area (Å²) in [7, 11) is -4.75. The molecule has 0 atom stereocenters. The Bertz CT molecular complexity index is 557. The molecule has 0 aliphatic carbocycles. The quantitative estimate of drug-likeness (QED) is 0.851. The normalized spacial score (nSPS) is 12.3. The van der Waals surface area contributed by atoms with E-state index < -0.39 is 26.1 Å². The van der Waals surface area contributed by atoms with Gasteiger partial charge in [0.05, 0.1) is 5.69 Å². The van der Waals surface area contributed by atoms with E-state index in [0.29, 0.717) is 4.88 Å². The molecular weight excluding hydrogens is 281 g/mol. The van der Waals surface area contributed by atoms with E-state index >= 15 is 0 Å². The van der Waals surface area contributed by atoms with Crippen molar-refractivity contribution in [3.8, 4) is 0 Å². The lowest BCUT2D eigenvalue weighted by Gasteiger charge is -2.19. The standard InChI is InChI=1S/C10H14FNO4S2/c1-6-7(5-8(17-6)18(11,14)15)12-9(13)16-10(2,3)4/h5H,1-4H3,(H,12,13). The number of thiophene rings is 1. The highest BCUT2D eigenvalue weighted by Gasteiger charge is 2.21. The minimum Gasteiger partial charge on any atom is -0.444 e. The first kappa shape index (κ1) is 14.9. The molecule has 8 heteroatoms. The van der Waals surface area contributed by atoms with Crippen molar-refractivity contribution in [1.29, 1.82) is 0 Å². The Kier molecular flexibility index (Phi) is 4.02. The molecule has 1 heterocycles. The molecule has 102 valence electrons. The third-order valence-electron chi connectivity index (χ3n) is 1.77. The summed E-state index contributed by atoms with van der Waals surface area (Å²) in [5.41, 5.74) is -0.436. The van der Waals surface area contributed by atoms with E-state index in [1.54, 1.807) is 27.7 Å². The number of carbonyl (C=O) groups excluding carboxylic acids is 1. The summed E-state index contributed by atoms with van der Waals surface area (Å²) in [5.74, 6) is 0. The molecule has 1 aromatic heterocycles. The van der Waals surface area contributed by atoms with Gasteiger partial charge in [0, 0.05) is 4.88 Å². The molecule has 1 amide bonds. The first-order chi connectivity index (χ1) is 7.99. The topological polar surface area (TPSA) is 72.5 Å². The zero-order valence-corrected chi connectivity index (χ0v) is 12.0. The molecule has 1 N–H and O–H groups in total. The molecule has 0 fully saturated rings. The van der Waals surface area contributed by atoms with Crippen LogP contribution in [0.1, 0.15) is 25.6 Å². The summed E-state index contributed by atoms with van der Waals surface area (Å²) >= 11 is 0.748. The monoisotopic (exact) mass is 295 g/mol. The van der Waals surface area contributed by atoms with Gasteiger partial charge in [-0.25, -0.2) is 4.79 Å². The number of carbonyl (C=O) groups is 1. The number of halogens is 1. The van der Waals surface area contributed by atoms with Crippen LogP contribution in [0, 0.1) is 6.92 Å². The Morgan fingerprint density at radius 2 is 2.00 bits per heavy atom. The number of amides is 1. The van der Waals surface area contributed by atoms with Gasteiger partial charge in [0.15, 0.2) is 4.21 Å². The smallest absolute Gasteiger partial charge is 0.412 e. The van der Waals surface area contributed by atoms with E-state index in [2.05, 4.69) is 5.32 Å². The summed E-state index contributed by atoms with van der Waals surface area (Å²) < 4.78 is 38.8. The Morgan fingerprint density at radius 3 is 2.39 bits per heavy atom. The summed E-state index contributed by atoms with van der Waals surface area (Å²) in [4.78, 5) is 12.0. The van der Waals surface area contributed by atoms with Crippen molar-refractivity contribution >= 4 is 33.3 Å². The number of rotatable bonds is 2. The van der Waals surface area contributed by atoms with Gasteiger partial charge in [-0.3, -0.25) is 5.32 Å². The molecule has 0 aliphatic rings. The second-order valence-electron chi connectivity index (χ2n) is 4.60. The van der Waals surface area contributed by atoms with Gasteiger partial charge in [-0.2, -0.15) is 8.42 Å². The minimum atomic E-state index is -4.75. The van der Waals surface area contributed by atoms with Gasteiger partial charge in [0.1, 0.15) is 5.60 Å². The van der Waals surface area contributed by atoms with Gasteiger partial charge >= 0.3 is 16.3 Å². The van der Waals surface area contributed by atoms with Crippen LogP contribution in [0.15, 0.2) is 10.3 Å². The first-order valence-electron chi connectivity index (χ1n) is 5.04. The van der Waals surface area contributed by atoms with E-state index in [9.17, 15) is 17.1 Å². The van der Waals surface area contributed by atoms with Crippen molar-refractivity contribution in [2.24, 2.45) is 0 Å². The van der Waals surface area contributed by atoms with Crippen LogP contribution in [0.3, 0.4) is 0 Å². The summed E-state index contributed by atoms with van der Waals surface area (Å²) in [5, 5.41) is 2.38. The van der Waals surface area contributed by atoms with Crippen molar-refractivity contribution < 1.29 is 21.8 Å². The molecule has 0 spiro atoms. The lowest BCUT2D eigenvalue weighted by atomic mass is 10.2. The predicted molar refractivity (Wildman–Crippen MR) is 67.2 cm³/mol. The van der Waals surface area contributed by atoms with Gasteiger partial charge in [0.2, 0.25) is 0 Å². The van der Waals surface area contributed by atoms with Gasteiger partial charge in [-0.1, -0.05) is 3.89 Å². The van der Waals surface area contributed by atoms with Crippen LogP contribution in [-0.2, 0) is 15.0 Å². The van der Waals surface area contributed by atoms with E-state index in [-0.39, 0.29) is 5.69 Å². The molecule has 18 heavy (non-hydrogen) atoms. The summed E-state index contributed by atoms with van der Waals surface area (Å²) in [6.07, 6.45) is -0.716. The maximum atomic E-state index is 12.8. The molecule has 0 bridgehead atoms. The van der Waals surface area contributed by atoms with Gasteiger partial charge in [-0.15, -0.1) is 11.3 Å². The number of anilines is 1. The van der Waals surface area contributed by atoms with E-state index in [0.717, 1.165) is 17.4 Å². The van der Waals surface area contributed by atoms with Gasteiger partial charge in [-0.05, 0) is 33.8 Å². The molecule has 1 aromatic rings. The zero-order chi connectivity index (χ0) is 14.1. The Hall–Kier alpha value is -1.15. The Labute approximate surface area is 109 Å². The summed E-state index contributed by atoms with van der Waals surface area (Å²) in [6, 6.07) is 1.07. The number of nitrogens with one attached hydrogen (secondary N) is 1. The largest absolute Gasteiger partial charge is 0.444 e. The number of aryl methyl sites for hydroxylation is 1. The molecule has 0 radical (unpaired) electrons. The average Bonchev–Trinajstić information content (AvgIpc) is 2.43. The number of hydrogen-bond acceptors (Lipinski definition) is 5. The third kappa shape index (κ3) is 4.26. The van der Waals surface area contributed by atoms with Crippen LogP contribution >= 0.6 is 11.3 Å². The van der Waals surface area contributed by atoms with Crippen LogP contribution in [0.5, 0.6) is 0 Å². The molecule has 1 rings (SSSR count). The number of hydrogen-bond donors (Lipinski definition) is 1.